The molecule has 1 N–H and O–H groups in total. The van der Waals surface area contributed by atoms with Crippen LogP contribution in [0.25, 0.3) is 0 Å². The van der Waals surface area contributed by atoms with Crippen LogP contribution >= 0.6 is 0 Å². The topological polar surface area (TPSA) is 72.5 Å². The van der Waals surface area contributed by atoms with Gasteiger partial charge in [-0.25, -0.2) is 13.1 Å². The quantitative estimate of drug-likeness (QED) is 0.591. The molecule has 6 heteroatoms. The largest absolute Gasteiger partial charge is 0.495 e. The first-order chi connectivity index (χ1) is 9.99. The fraction of sp³-hybridized carbons (Fsp3) is 0.533. The predicted octanol–water partition coefficient (Wildman–Crippen LogP) is 2.37. The lowest BCUT2D eigenvalue weighted by molar-refractivity contribution is 0.0967. The summed E-state index contributed by atoms with van der Waals surface area (Å²) in [7, 11) is -2.24. The molecule has 1 aliphatic rings. The van der Waals surface area contributed by atoms with E-state index in [0.29, 0.717) is 12.1 Å². The molecule has 0 heterocycles. The van der Waals surface area contributed by atoms with Crippen molar-refractivity contribution < 1.29 is 17.9 Å². The molecule has 21 heavy (non-hydrogen) atoms. The van der Waals surface area contributed by atoms with Crippen molar-refractivity contribution in [1.82, 2.24) is 4.72 Å². The first-order valence-corrected chi connectivity index (χ1v) is 8.70. The van der Waals surface area contributed by atoms with Crippen LogP contribution in [0.1, 0.15) is 43.0 Å². The third-order valence-corrected chi connectivity index (χ3v) is 4.99. The van der Waals surface area contributed by atoms with E-state index in [2.05, 4.69) is 4.72 Å². The molecule has 0 atom stereocenters. The molecule has 0 saturated heterocycles. The van der Waals surface area contributed by atoms with Crippen LogP contribution in [0.3, 0.4) is 0 Å². The molecular formula is C15H21NO4S. The summed E-state index contributed by atoms with van der Waals surface area (Å²) in [6.45, 7) is 2.37. The van der Waals surface area contributed by atoms with Gasteiger partial charge in [0.05, 0.1) is 7.11 Å². The Labute approximate surface area is 125 Å². The number of hydrogen-bond donors (Lipinski definition) is 1. The molecule has 1 fully saturated rings. The first-order valence-electron chi connectivity index (χ1n) is 7.21. The summed E-state index contributed by atoms with van der Waals surface area (Å²) in [4.78, 5) is 12.1. The zero-order chi connectivity index (χ0) is 15.5. The molecule has 0 radical (unpaired) electrons. The molecular weight excluding hydrogens is 290 g/mol. The molecule has 0 aromatic heterocycles. The van der Waals surface area contributed by atoms with E-state index in [-0.39, 0.29) is 22.3 Å². The normalized spacial score (nSPS) is 15.0. The van der Waals surface area contributed by atoms with E-state index in [4.69, 9.17) is 4.74 Å². The number of sulfonamides is 1. The Morgan fingerprint density at radius 3 is 2.67 bits per heavy atom. The maximum absolute atomic E-state index is 12.3. The molecule has 0 bridgehead atoms. The van der Waals surface area contributed by atoms with E-state index in [1.54, 1.807) is 12.1 Å². The lowest BCUT2D eigenvalue weighted by Crippen LogP contribution is -2.25. The van der Waals surface area contributed by atoms with E-state index >= 15 is 0 Å². The lowest BCUT2D eigenvalue weighted by atomic mass is 10.1. The zero-order valence-corrected chi connectivity index (χ0v) is 13.2. The molecule has 0 unspecified atom stereocenters. The van der Waals surface area contributed by atoms with Crippen LogP contribution in [0.5, 0.6) is 5.75 Å². The second-order valence-electron chi connectivity index (χ2n) is 5.26. The molecule has 0 aliphatic heterocycles. The monoisotopic (exact) mass is 311 g/mol. The second kappa shape index (κ2) is 6.58. The van der Waals surface area contributed by atoms with Gasteiger partial charge in [-0.1, -0.05) is 13.3 Å². The Hall–Kier alpha value is -1.40. The first kappa shape index (κ1) is 16.0. The molecule has 5 nitrogen and oxygen atoms in total. The maximum atomic E-state index is 12.3. The van der Waals surface area contributed by atoms with Crippen LogP contribution in [0.15, 0.2) is 23.1 Å². The molecule has 0 amide bonds. The number of ether oxygens (including phenoxy) is 1. The molecule has 1 aromatic rings. The van der Waals surface area contributed by atoms with Gasteiger partial charge in [0.1, 0.15) is 10.6 Å². The highest BCUT2D eigenvalue weighted by Crippen LogP contribution is 2.34. The molecule has 1 aliphatic carbocycles. The van der Waals surface area contributed by atoms with Gasteiger partial charge < -0.3 is 4.74 Å². The van der Waals surface area contributed by atoms with Crippen molar-refractivity contribution in [2.45, 2.75) is 37.5 Å². The van der Waals surface area contributed by atoms with Crippen molar-refractivity contribution in [3.8, 4) is 5.75 Å². The van der Waals surface area contributed by atoms with E-state index < -0.39 is 10.0 Å². The number of benzene rings is 1. The van der Waals surface area contributed by atoms with Gasteiger partial charge in [-0.3, -0.25) is 4.79 Å². The van der Waals surface area contributed by atoms with Gasteiger partial charge in [0, 0.05) is 18.0 Å². The van der Waals surface area contributed by atoms with Gasteiger partial charge in [0.2, 0.25) is 10.0 Å². The number of hydrogen-bond acceptors (Lipinski definition) is 4. The fourth-order valence-corrected chi connectivity index (χ4v) is 3.35. The summed E-state index contributed by atoms with van der Waals surface area (Å²) < 4.78 is 32.4. The van der Waals surface area contributed by atoms with Crippen molar-refractivity contribution in [3.63, 3.8) is 0 Å². The average molecular weight is 311 g/mol. The number of carbonyl (C=O) groups excluding carboxylic acids is 1. The van der Waals surface area contributed by atoms with Gasteiger partial charge in [0.15, 0.2) is 5.78 Å². The minimum absolute atomic E-state index is 0.0164. The number of carbonyl (C=O) groups is 1. The second-order valence-corrected chi connectivity index (χ2v) is 6.99. The van der Waals surface area contributed by atoms with E-state index in [9.17, 15) is 13.2 Å². The van der Waals surface area contributed by atoms with Crippen LogP contribution in [-0.4, -0.2) is 27.9 Å². The molecule has 0 spiro atoms. The summed E-state index contributed by atoms with van der Waals surface area (Å²) in [5.41, 5.74) is 0.439. The van der Waals surface area contributed by atoms with Crippen LogP contribution in [0, 0.1) is 5.92 Å². The lowest BCUT2D eigenvalue weighted by Gasteiger charge is -2.12. The summed E-state index contributed by atoms with van der Waals surface area (Å²) in [6.07, 6.45) is 3.45. The van der Waals surface area contributed by atoms with Gasteiger partial charge >= 0.3 is 0 Å². The predicted molar refractivity (Wildman–Crippen MR) is 80.1 cm³/mol. The van der Waals surface area contributed by atoms with E-state index in [1.807, 2.05) is 6.92 Å². The number of rotatable bonds is 8. The minimum Gasteiger partial charge on any atom is -0.495 e. The highest BCUT2D eigenvalue weighted by atomic mass is 32.2. The van der Waals surface area contributed by atoms with Gasteiger partial charge in [-0.05, 0) is 37.5 Å². The van der Waals surface area contributed by atoms with Crippen molar-refractivity contribution in [2.24, 2.45) is 5.92 Å². The van der Waals surface area contributed by atoms with E-state index in [1.165, 1.54) is 13.2 Å². The van der Waals surface area contributed by atoms with Gasteiger partial charge in [0.25, 0.3) is 0 Å². The zero-order valence-electron chi connectivity index (χ0n) is 12.4. The van der Waals surface area contributed by atoms with Crippen molar-refractivity contribution in [3.05, 3.63) is 23.8 Å². The summed E-state index contributed by atoms with van der Waals surface area (Å²) in [6, 6.07) is 4.60. The van der Waals surface area contributed by atoms with Crippen molar-refractivity contribution in [2.75, 3.05) is 13.7 Å². The van der Waals surface area contributed by atoms with Gasteiger partial charge in [-0.2, -0.15) is 0 Å². The van der Waals surface area contributed by atoms with Crippen LogP contribution in [0.4, 0.5) is 0 Å². The molecule has 2 rings (SSSR count). The molecule has 1 aromatic carbocycles. The maximum Gasteiger partial charge on any atom is 0.244 e. The van der Waals surface area contributed by atoms with Crippen molar-refractivity contribution >= 4 is 15.8 Å². The number of Topliss-reactive ketones (excluding diaryl/α,β-unsaturated/α-hetero) is 1. The summed E-state index contributed by atoms with van der Waals surface area (Å²) in [5, 5.41) is 0. The SMILES string of the molecule is CCCCNS(=O)(=O)c1cc(C(=O)C2CC2)ccc1OC. The van der Waals surface area contributed by atoms with E-state index in [0.717, 1.165) is 25.7 Å². The number of methoxy groups -OCH3 is 1. The summed E-state index contributed by atoms with van der Waals surface area (Å²) >= 11 is 0. The highest BCUT2D eigenvalue weighted by molar-refractivity contribution is 7.89. The number of ketones is 1. The molecule has 1 saturated carbocycles. The number of nitrogens with one attached hydrogen (secondary N) is 1. The Morgan fingerprint density at radius 1 is 1.38 bits per heavy atom. The Balaban J connectivity index is 2.30. The minimum atomic E-state index is -3.66. The number of unbranched alkanes of at least 4 members (excludes halogenated alkanes) is 1. The van der Waals surface area contributed by atoms with Crippen molar-refractivity contribution in [1.29, 1.82) is 0 Å². The molecule has 116 valence electrons. The Kier molecular flexibility index (Phi) is 5.00. The summed E-state index contributed by atoms with van der Waals surface area (Å²) in [5.74, 6) is 0.330. The fourth-order valence-electron chi connectivity index (χ4n) is 2.08. The highest BCUT2D eigenvalue weighted by Gasteiger charge is 2.31. The van der Waals surface area contributed by atoms with Crippen LogP contribution in [-0.2, 0) is 10.0 Å². The standard InChI is InChI=1S/C15H21NO4S/c1-3-4-9-16-21(18,19)14-10-12(7-8-13(14)20-2)15(17)11-5-6-11/h7-8,10-11,16H,3-6,9H2,1-2H3. The smallest absolute Gasteiger partial charge is 0.244 e. The average Bonchev–Trinajstić information content (AvgIpc) is 3.30. The van der Waals surface area contributed by atoms with Crippen LogP contribution < -0.4 is 9.46 Å². The third-order valence-electron chi connectivity index (χ3n) is 3.51. The Morgan fingerprint density at radius 2 is 2.10 bits per heavy atom. The Bertz CT molecular complexity index is 621. The van der Waals surface area contributed by atoms with Crippen LogP contribution in [0.2, 0.25) is 0 Å². The van der Waals surface area contributed by atoms with Gasteiger partial charge in [-0.15, -0.1) is 0 Å². The third kappa shape index (κ3) is 3.83.